The summed E-state index contributed by atoms with van der Waals surface area (Å²) < 4.78 is 17.3. The summed E-state index contributed by atoms with van der Waals surface area (Å²) in [5.74, 6) is 0.596. The Kier molecular flexibility index (Phi) is 7.53. The van der Waals surface area contributed by atoms with Gasteiger partial charge in [0.25, 0.3) is 0 Å². The number of benzene rings is 2. The molecule has 0 aliphatic carbocycles. The van der Waals surface area contributed by atoms with E-state index in [1.54, 1.807) is 0 Å². The van der Waals surface area contributed by atoms with Gasteiger partial charge in [0.2, 0.25) is 0 Å². The number of hydrogen-bond acceptors (Lipinski definition) is 4. The molecule has 0 radical (unpaired) electrons. The molecular weight excluding hydrogens is 372 g/mol. The molecule has 1 atom stereocenters. The zero-order valence-corrected chi connectivity index (χ0v) is 15.7. The first kappa shape index (κ1) is 18.7. The Morgan fingerprint density at radius 2 is 1.75 bits per heavy atom. The van der Waals surface area contributed by atoms with Crippen LogP contribution in [-0.4, -0.2) is 32.4 Å². The van der Waals surface area contributed by atoms with Gasteiger partial charge < -0.3 is 14.2 Å². The van der Waals surface area contributed by atoms with Gasteiger partial charge in [0, 0.05) is 4.47 Å². The lowest BCUT2D eigenvalue weighted by molar-refractivity contribution is -0.149. The molecule has 2 aromatic rings. The lowest BCUT2D eigenvalue weighted by atomic mass is 10.1. The molecule has 0 spiro atoms. The van der Waals surface area contributed by atoms with Crippen LogP contribution in [0.2, 0.25) is 0 Å². The van der Waals surface area contributed by atoms with Crippen molar-refractivity contribution in [1.82, 2.24) is 0 Å². The Morgan fingerprint density at radius 1 is 1.04 bits per heavy atom. The van der Waals surface area contributed by atoms with E-state index in [0.717, 1.165) is 27.4 Å². The fourth-order valence-electron chi connectivity index (χ4n) is 2.12. The molecule has 0 heterocycles. The maximum Gasteiger partial charge on any atom is 0.308 e. The molecule has 24 heavy (non-hydrogen) atoms. The van der Waals surface area contributed by atoms with Gasteiger partial charge in [0.05, 0.1) is 19.1 Å². The predicted octanol–water partition coefficient (Wildman–Crippen LogP) is 4.59. The Bertz CT molecular complexity index is 671. The standard InChI is InChI=1S/C19H23BrO4/c1-3-14(2)19(21)24-11-9-22-8-10-23-18-7-5-15-12-17(20)6-4-16(15)13-18/h4-7,12-14H,3,8-11H2,1-2H3. The average molecular weight is 395 g/mol. The van der Waals surface area contributed by atoms with Crippen LogP contribution in [-0.2, 0) is 14.3 Å². The van der Waals surface area contributed by atoms with Crippen LogP contribution < -0.4 is 4.74 Å². The highest BCUT2D eigenvalue weighted by Crippen LogP contribution is 2.24. The first-order valence-corrected chi connectivity index (χ1v) is 8.96. The van der Waals surface area contributed by atoms with Gasteiger partial charge in [-0.1, -0.05) is 41.9 Å². The molecular formula is C19H23BrO4. The Hall–Kier alpha value is -1.59. The van der Waals surface area contributed by atoms with Crippen LogP contribution in [0.4, 0.5) is 0 Å². The number of carbonyl (C=O) groups excluding carboxylic acids is 1. The van der Waals surface area contributed by atoms with Gasteiger partial charge in [0.15, 0.2) is 0 Å². The van der Waals surface area contributed by atoms with Gasteiger partial charge in [0.1, 0.15) is 19.0 Å². The molecule has 0 aliphatic rings. The monoisotopic (exact) mass is 394 g/mol. The van der Waals surface area contributed by atoms with E-state index in [0.29, 0.717) is 19.8 Å². The fraction of sp³-hybridized carbons (Fsp3) is 0.421. The number of rotatable bonds is 9. The third-order valence-corrected chi connectivity index (χ3v) is 4.25. The molecule has 0 fully saturated rings. The summed E-state index contributed by atoms with van der Waals surface area (Å²) >= 11 is 3.46. The predicted molar refractivity (Wildman–Crippen MR) is 98.4 cm³/mol. The minimum absolute atomic E-state index is 0.0538. The molecule has 2 aromatic carbocycles. The Morgan fingerprint density at radius 3 is 2.54 bits per heavy atom. The van der Waals surface area contributed by atoms with Crippen LogP contribution in [0.25, 0.3) is 10.8 Å². The van der Waals surface area contributed by atoms with Crippen molar-refractivity contribution in [1.29, 1.82) is 0 Å². The normalized spacial score (nSPS) is 12.1. The van der Waals surface area contributed by atoms with Crippen molar-refractivity contribution >= 4 is 32.7 Å². The first-order chi connectivity index (χ1) is 11.6. The van der Waals surface area contributed by atoms with Crippen molar-refractivity contribution in [2.75, 3.05) is 26.4 Å². The van der Waals surface area contributed by atoms with E-state index >= 15 is 0 Å². The van der Waals surface area contributed by atoms with Gasteiger partial charge in [-0.3, -0.25) is 4.79 Å². The molecule has 1 unspecified atom stereocenters. The van der Waals surface area contributed by atoms with E-state index in [9.17, 15) is 4.79 Å². The van der Waals surface area contributed by atoms with Gasteiger partial charge in [-0.2, -0.15) is 0 Å². The van der Waals surface area contributed by atoms with E-state index < -0.39 is 0 Å². The SMILES string of the molecule is CCC(C)C(=O)OCCOCCOc1ccc2cc(Br)ccc2c1. The highest BCUT2D eigenvalue weighted by Gasteiger charge is 2.11. The van der Waals surface area contributed by atoms with Gasteiger partial charge in [-0.25, -0.2) is 0 Å². The topological polar surface area (TPSA) is 44.8 Å². The number of hydrogen-bond donors (Lipinski definition) is 0. The Labute approximate surface area is 151 Å². The largest absolute Gasteiger partial charge is 0.491 e. The maximum atomic E-state index is 11.5. The van der Waals surface area contributed by atoms with Crippen LogP contribution in [0, 0.1) is 5.92 Å². The molecule has 2 rings (SSSR count). The van der Waals surface area contributed by atoms with Crippen LogP contribution in [0.1, 0.15) is 20.3 Å². The lowest BCUT2D eigenvalue weighted by Crippen LogP contribution is -2.18. The highest BCUT2D eigenvalue weighted by atomic mass is 79.9. The van der Waals surface area contributed by atoms with Crippen molar-refractivity contribution in [2.45, 2.75) is 20.3 Å². The zero-order valence-electron chi connectivity index (χ0n) is 14.1. The molecule has 5 heteroatoms. The molecule has 4 nitrogen and oxygen atoms in total. The quantitative estimate of drug-likeness (QED) is 0.460. The maximum absolute atomic E-state index is 11.5. The zero-order chi connectivity index (χ0) is 17.4. The van der Waals surface area contributed by atoms with E-state index in [-0.39, 0.29) is 18.5 Å². The number of esters is 1. The lowest BCUT2D eigenvalue weighted by Gasteiger charge is -2.10. The summed E-state index contributed by atoms with van der Waals surface area (Å²) in [5, 5.41) is 2.30. The second-order valence-corrected chi connectivity index (χ2v) is 6.51. The average Bonchev–Trinajstić information content (AvgIpc) is 2.59. The molecule has 0 saturated carbocycles. The minimum Gasteiger partial charge on any atom is -0.491 e. The number of carbonyl (C=O) groups is 1. The van der Waals surface area contributed by atoms with Gasteiger partial charge in [-0.15, -0.1) is 0 Å². The third kappa shape index (κ3) is 5.80. The molecule has 0 bridgehead atoms. The first-order valence-electron chi connectivity index (χ1n) is 8.16. The summed E-state index contributed by atoms with van der Waals surface area (Å²) in [4.78, 5) is 11.5. The summed E-state index contributed by atoms with van der Waals surface area (Å²) in [5.41, 5.74) is 0. The third-order valence-electron chi connectivity index (χ3n) is 3.76. The van der Waals surface area contributed by atoms with E-state index in [4.69, 9.17) is 14.2 Å². The van der Waals surface area contributed by atoms with Crippen LogP contribution in [0.5, 0.6) is 5.75 Å². The van der Waals surface area contributed by atoms with Crippen molar-refractivity contribution in [3.63, 3.8) is 0 Å². The van der Waals surface area contributed by atoms with E-state index in [1.165, 1.54) is 0 Å². The molecule has 0 aromatic heterocycles. The second-order valence-electron chi connectivity index (χ2n) is 5.59. The summed E-state index contributed by atoms with van der Waals surface area (Å²) in [6, 6.07) is 12.1. The second kappa shape index (κ2) is 9.64. The smallest absolute Gasteiger partial charge is 0.308 e. The fourth-order valence-corrected chi connectivity index (χ4v) is 2.49. The highest BCUT2D eigenvalue weighted by molar-refractivity contribution is 9.10. The molecule has 0 amide bonds. The molecule has 0 saturated heterocycles. The molecule has 0 aliphatic heterocycles. The number of ether oxygens (including phenoxy) is 3. The number of fused-ring (bicyclic) bond motifs is 1. The number of halogens is 1. The minimum atomic E-state index is -0.167. The van der Waals surface area contributed by atoms with Crippen molar-refractivity contribution < 1.29 is 19.0 Å². The summed E-state index contributed by atoms with van der Waals surface area (Å²) in [6.07, 6.45) is 0.788. The van der Waals surface area contributed by atoms with Crippen molar-refractivity contribution in [2.24, 2.45) is 5.92 Å². The van der Waals surface area contributed by atoms with Crippen LogP contribution in [0.3, 0.4) is 0 Å². The van der Waals surface area contributed by atoms with Crippen molar-refractivity contribution in [3.05, 3.63) is 40.9 Å². The summed E-state index contributed by atoms with van der Waals surface area (Å²) in [6.45, 7) is 5.41. The molecule has 130 valence electrons. The summed E-state index contributed by atoms with van der Waals surface area (Å²) in [7, 11) is 0. The Balaban J connectivity index is 1.64. The van der Waals surface area contributed by atoms with E-state index in [2.05, 4.69) is 28.1 Å². The molecule has 0 N–H and O–H groups in total. The van der Waals surface area contributed by atoms with Crippen molar-refractivity contribution in [3.8, 4) is 5.75 Å². The van der Waals surface area contributed by atoms with Gasteiger partial charge >= 0.3 is 5.97 Å². The van der Waals surface area contributed by atoms with Crippen LogP contribution >= 0.6 is 15.9 Å². The van der Waals surface area contributed by atoms with Gasteiger partial charge in [-0.05, 0) is 41.5 Å². The van der Waals surface area contributed by atoms with E-state index in [1.807, 2.05) is 38.1 Å². The van der Waals surface area contributed by atoms with Crippen LogP contribution in [0.15, 0.2) is 40.9 Å².